The smallest absolute Gasteiger partial charge is 0.344 e. The van der Waals surface area contributed by atoms with Crippen LogP contribution in [0.25, 0.3) is 6.08 Å². The first-order chi connectivity index (χ1) is 9.76. The van der Waals surface area contributed by atoms with Crippen LogP contribution in [0.2, 0.25) is 0 Å². The third kappa shape index (κ3) is 2.72. The first-order valence-corrected chi connectivity index (χ1v) is 7.30. The average molecular weight is 272 g/mol. The number of hydrogen-bond acceptors (Lipinski definition) is 3. The van der Waals surface area contributed by atoms with Gasteiger partial charge in [0, 0.05) is 5.56 Å². The Balaban J connectivity index is 1.51. The van der Waals surface area contributed by atoms with Crippen LogP contribution in [0.4, 0.5) is 0 Å². The van der Waals surface area contributed by atoms with Crippen LogP contribution in [-0.2, 0) is 9.53 Å². The molecule has 2 aliphatic rings. The molecule has 106 valence electrons. The molecule has 3 rings (SSSR count). The second-order valence-corrected chi connectivity index (χ2v) is 5.73. The molecule has 2 saturated carbocycles. The van der Waals surface area contributed by atoms with E-state index in [2.05, 4.69) is 6.58 Å². The molecule has 0 saturated heterocycles. The summed E-state index contributed by atoms with van der Waals surface area (Å²) in [6.45, 7) is 3.70. The van der Waals surface area contributed by atoms with Crippen LogP contribution in [0.3, 0.4) is 0 Å². The lowest BCUT2D eigenvalue weighted by molar-refractivity contribution is -0.153. The van der Waals surface area contributed by atoms with Gasteiger partial charge in [-0.3, -0.25) is 0 Å². The topological polar surface area (TPSA) is 35.5 Å². The highest BCUT2D eigenvalue weighted by atomic mass is 16.6. The summed E-state index contributed by atoms with van der Waals surface area (Å²) in [5, 5.41) is 0. The number of esters is 1. The van der Waals surface area contributed by atoms with E-state index in [4.69, 9.17) is 9.47 Å². The summed E-state index contributed by atoms with van der Waals surface area (Å²) in [4.78, 5) is 11.9. The van der Waals surface area contributed by atoms with Crippen molar-refractivity contribution in [3.63, 3.8) is 0 Å². The minimum atomic E-state index is -0.263. The molecular weight excluding hydrogens is 252 g/mol. The van der Waals surface area contributed by atoms with Crippen molar-refractivity contribution in [2.24, 2.45) is 11.8 Å². The lowest BCUT2D eigenvalue weighted by Gasteiger charge is -2.22. The molecular formula is C17H20O3. The van der Waals surface area contributed by atoms with Gasteiger partial charge in [-0.25, -0.2) is 4.79 Å². The van der Waals surface area contributed by atoms with E-state index >= 15 is 0 Å². The molecule has 0 amide bonds. The Labute approximate surface area is 119 Å². The van der Waals surface area contributed by atoms with Crippen molar-refractivity contribution < 1.29 is 14.3 Å². The first-order valence-electron chi connectivity index (χ1n) is 7.30. The highest BCUT2D eigenvalue weighted by Gasteiger charge is 2.41. The van der Waals surface area contributed by atoms with E-state index in [1.54, 1.807) is 6.08 Å². The molecule has 3 unspecified atom stereocenters. The van der Waals surface area contributed by atoms with Crippen LogP contribution in [0.5, 0.6) is 5.75 Å². The van der Waals surface area contributed by atoms with Crippen molar-refractivity contribution >= 4 is 12.0 Å². The fourth-order valence-electron chi connectivity index (χ4n) is 3.45. The van der Waals surface area contributed by atoms with Gasteiger partial charge in [0.25, 0.3) is 0 Å². The van der Waals surface area contributed by atoms with Gasteiger partial charge in [-0.15, -0.1) is 0 Å². The lowest BCUT2D eigenvalue weighted by Crippen LogP contribution is -2.27. The Hall–Kier alpha value is -1.77. The molecule has 1 aromatic rings. The zero-order valence-electron chi connectivity index (χ0n) is 11.6. The zero-order valence-corrected chi connectivity index (χ0v) is 11.6. The van der Waals surface area contributed by atoms with Gasteiger partial charge in [-0.1, -0.05) is 30.9 Å². The minimum Gasteiger partial charge on any atom is -0.481 e. The normalized spacial score (nSPS) is 27.3. The Kier molecular flexibility index (Phi) is 3.77. The maximum Gasteiger partial charge on any atom is 0.344 e. The summed E-state index contributed by atoms with van der Waals surface area (Å²) in [5.74, 6) is 1.78. The standard InChI is InChI=1S/C17H20O3/c1-2-13-5-3-4-6-15(13)19-11-17(18)20-16-10-12-7-8-14(16)9-12/h2-6,12,14,16H,1,7-11H2. The second kappa shape index (κ2) is 5.70. The van der Waals surface area contributed by atoms with E-state index in [1.165, 1.54) is 19.3 Å². The zero-order chi connectivity index (χ0) is 13.9. The maximum atomic E-state index is 11.9. The van der Waals surface area contributed by atoms with Crippen molar-refractivity contribution in [1.82, 2.24) is 0 Å². The molecule has 0 aliphatic heterocycles. The summed E-state index contributed by atoms with van der Waals surface area (Å²) >= 11 is 0. The molecule has 2 bridgehead atoms. The maximum absolute atomic E-state index is 11.9. The molecule has 3 atom stereocenters. The molecule has 1 aromatic carbocycles. The fraction of sp³-hybridized carbons (Fsp3) is 0.471. The number of carbonyl (C=O) groups excluding carboxylic acids is 1. The third-order valence-electron chi connectivity index (χ3n) is 4.44. The number of hydrogen-bond donors (Lipinski definition) is 0. The van der Waals surface area contributed by atoms with Crippen LogP contribution < -0.4 is 4.74 Å². The first kappa shape index (κ1) is 13.2. The second-order valence-electron chi connectivity index (χ2n) is 5.73. The molecule has 0 aromatic heterocycles. The van der Waals surface area contributed by atoms with Crippen LogP contribution in [-0.4, -0.2) is 18.7 Å². The van der Waals surface area contributed by atoms with Gasteiger partial charge in [0.15, 0.2) is 6.61 Å². The van der Waals surface area contributed by atoms with Crippen molar-refractivity contribution in [3.8, 4) is 5.75 Å². The summed E-state index contributed by atoms with van der Waals surface area (Å²) < 4.78 is 11.1. The van der Waals surface area contributed by atoms with Crippen LogP contribution in [0, 0.1) is 11.8 Å². The third-order valence-corrected chi connectivity index (χ3v) is 4.44. The van der Waals surface area contributed by atoms with Crippen LogP contribution >= 0.6 is 0 Å². The van der Waals surface area contributed by atoms with E-state index in [-0.39, 0.29) is 18.7 Å². The monoisotopic (exact) mass is 272 g/mol. The molecule has 0 radical (unpaired) electrons. The summed E-state index contributed by atoms with van der Waals surface area (Å²) in [6.07, 6.45) is 6.64. The number of ether oxygens (including phenoxy) is 2. The van der Waals surface area contributed by atoms with Gasteiger partial charge in [-0.2, -0.15) is 0 Å². The Morgan fingerprint density at radius 2 is 2.15 bits per heavy atom. The Morgan fingerprint density at radius 3 is 2.85 bits per heavy atom. The van der Waals surface area contributed by atoms with Gasteiger partial charge in [0.1, 0.15) is 11.9 Å². The van der Waals surface area contributed by atoms with Gasteiger partial charge in [0.2, 0.25) is 0 Å². The molecule has 0 N–H and O–H groups in total. The molecule has 3 heteroatoms. The Bertz CT molecular complexity index is 509. The predicted octanol–water partition coefficient (Wildman–Crippen LogP) is 3.44. The fourth-order valence-corrected chi connectivity index (χ4v) is 3.45. The van der Waals surface area contributed by atoms with Gasteiger partial charge in [-0.05, 0) is 43.6 Å². The minimum absolute atomic E-state index is 0.0290. The molecule has 0 heterocycles. The predicted molar refractivity (Wildman–Crippen MR) is 77.4 cm³/mol. The molecule has 3 nitrogen and oxygen atoms in total. The SMILES string of the molecule is C=Cc1ccccc1OCC(=O)OC1CC2CCC1C2. The molecule has 0 spiro atoms. The van der Waals surface area contributed by atoms with Crippen molar-refractivity contribution in [2.75, 3.05) is 6.61 Å². The van der Waals surface area contributed by atoms with Gasteiger partial charge < -0.3 is 9.47 Å². The highest BCUT2D eigenvalue weighted by Crippen LogP contribution is 2.45. The van der Waals surface area contributed by atoms with E-state index in [9.17, 15) is 4.79 Å². The van der Waals surface area contributed by atoms with E-state index in [1.807, 2.05) is 24.3 Å². The molecule has 20 heavy (non-hydrogen) atoms. The number of para-hydroxylation sites is 1. The largest absolute Gasteiger partial charge is 0.481 e. The number of rotatable bonds is 5. The highest BCUT2D eigenvalue weighted by molar-refractivity contribution is 5.71. The quantitative estimate of drug-likeness (QED) is 0.770. The molecule has 2 fully saturated rings. The number of carbonyl (C=O) groups is 1. The van der Waals surface area contributed by atoms with E-state index in [0.29, 0.717) is 11.7 Å². The van der Waals surface area contributed by atoms with Gasteiger partial charge in [0.05, 0.1) is 0 Å². The van der Waals surface area contributed by atoms with Crippen LogP contribution in [0.1, 0.15) is 31.2 Å². The van der Waals surface area contributed by atoms with Crippen LogP contribution in [0.15, 0.2) is 30.8 Å². The van der Waals surface area contributed by atoms with Gasteiger partial charge >= 0.3 is 5.97 Å². The molecule has 2 aliphatic carbocycles. The van der Waals surface area contributed by atoms with E-state index < -0.39 is 0 Å². The average Bonchev–Trinajstić information content (AvgIpc) is 3.08. The lowest BCUT2D eigenvalue weighted by atomic mass is 9.98. The Morgan fingerprint density at radius 1 is 1.30 bits per heavy atom. The summed E-state index contributed by atoms with van der Waals surface area (Å²) in [7, 11) is 0. The van der Waals surface area contributed by atoms with Crippen molar-refractivity contribution in [2.45, 2.75) is 31.8 Å². The van der Waals surface area contributed by atoms with E-state index in [0.717, 1.165) is 17.9 Å². The van der Waals surface area contributed by atoms with Crippen molar-refractivity contribution in [1.29, 1.82) is 0 Å². The number of fused-ring (bicyclic) bond motifs is 2. The number of benzene rings is 1. The van der Waals surface area contributed by atoms with Crippen molar-refractivity contribution in [3.05, 3.63) is 36.4 Å². The summed E-state index contributed by atoms with van der Waals surface area (Å²) in [5.41, 5.74) is 0.889. The summed E-state index contributed by atoms with van der Waals surface area (Å²) in [6, 6.07) is 7.53.